The molecule has 4 aromatic rings. The number of halogens is 1. The molecule has 0 fully saturated rings. The van der Waals surface area contributed by atoms with Crippen LogP contribution in [0.4, 0.5) is 10.1 Å². The van der Waals surface area contributed by atoms with E-state index in [0.29, 0.717) is 31.5 Å². The summed E-state index contributed by atoms with van der Waals surface area (Å²) in [6.45, 7) is 2.92. The number of carbonyl (C=O) groups excluding carboxylic acids is 2. The Morgan fingerprint density at radius 1 is 0.975 bits per heavy atom. The molecule has 0 saturated carbocycles. The molecule has 2 amide bonds. The number of carbonyl (C=O) groups is 2. The van der Waals surface area contributed by atoms with Gasteiger partial charge in [0.25, 0.3) is 5.69 Å². The lowest BCUT2D eigenvalue weighted by atomic mass is 10.1. The van der Waals surface area contributed by atoms with Gasteiger partial charge in [0, 0.05) is 54.9 Å². The van der Waals surface area contributed by atoms with Crippen molar-refractivity contribution in [2.24, 2.45) is 0 Å². The summed E-state index contributed by atoms with van der Waals surface area (Å²) in [7, 11) is 0. The summed E-state index contributed by atoms with van der Waals surface area (Å²) in [5.41, 5.74) is 3.50. The van der Waals surface area contributed by atoms with Gasteiger partial charge in [-0.1, -0.05) is 37.3 Å². The van der Waals surface area contributed by atoms with Gasteiger partial charge in [0.05, 0.1) is 4.92 Å². The molecular weight excluding hydrogens is 511 g/mol. The van der Waals surface area contributed by atoms with Gasteiger partial charge in [-0.05, 0) is 65.9 Å². The summed E-state index contributed by atoms with van der Waals surface area (Å²) in [6, 6.07) is 19.9. The maximum absolute atomic E-state index is 13.6. The molecule has 0 bridgehead atoms. The molecule has 1 aromatic heterocycles. The van der Waals surface area contributed by atoms with Gasteiger partial charge in [-0.3, -0.25) is 19.7 Å². The smallest absolute Gasteiger partial charge is 0.269 e. The van der Waals surface area contributed by atoms with E-state index in [9.17, 15) is 24.1 Å². The number of para-hydroxylation sites is 1. The number of nitrogens with one attached hydrogen (secondary N) is 1. The van der Waals surface area contributed by atoms with E-state index in [-0.39, 0.29) is 36.4 Å². The molecule has 0 spiro atoms. The van der Waals surface area contributed by atoms with Crippen LogP contribution in [-0.2, 0) is 22.6 Å². The first-order valence-electron chi connectivity index (χ1n) is 13.1. The number of nitrogens with zero attached hydrogens (tertiary/aromatic N) is 3. The van der Waals surface area contributed by atoms with Crippen LogP contribution in [0.1, 0.15) is 30.0 Å². The lowest BCUT2D eigenvalue weighted by molar-refractivity contribution is -0.384. The summed E-state index contributed by atoms with van der Waals surface area (Å²) in [5, 5.41) is 12.0. The minimum absolute atomic E-state index is 0.0319. The zero-order valence-electron chi connectivity index (χ0n) is 22.3. The second-order valence-corrected chi connectivity index (χ2v) is 9.49. The minimum atomic E-state index is -0.483. The molecule has 1 N–H and O–H groups in total. The molecule has 9 heteroatoms. The number of amides is 2. The average molecular weight is 543 g/mol. The molecular formula is C31H31FN4O4. The summed E-state index contributed by atoms with van der Waals surface area (Å²) >= 11 is 0. The zero-order chi connectivity index (χ0) is 28.5. The van der Waals surface area contributed by atoms with Crippen molar-refractivity contribution in [3.63, 3.8) is 0 Å². The van der Waals surface area contributed by atoms with Crippen LogP contribution in [0.5, 0.6) is 0 Å². The molecule has 1 heterocycles. The van der Waals surface area contributed by atoms with Gasteiger partial charge in [0.2, 0.25) is 11.8 Å². The Kier molecular flexibility index (Phi) is 9.40. The number of aromatic amines is 1. The van der Waals surface area contributed by atoms with Crippen molar-refractivity contribution in [1.82, 2.24) is 14.8 Å². The van der Waals surface area contributed by atoms with Crippen LogP contribution >= 0.6 is 0 Å². The van der Waals surface area contributed by atoms with Crippen molar-refractivity contribution in [1.29, 1.82) is 0 Å². The quantitative estimate of drug-likeness (QED) is 0.140. The lowest BCUT2D eigenvalue weighted by Crippen LogP contribution is -2.43. The molecule has 0 aliphatic heterocycles. The molecule has 0 radical (unpaired) electrons. The fourth-order valence-electron chi connectivity index (χ4n) is 4.48. The van der Waals surface area contributed by atoms with E-state index in [2.05, 4.69) is 4.98 Å². The van der Waals surface area contributed by atoms with Crippen molar-refractivity contribution >= 4 is 34.5 Å². The second-order valence-electron chi connectivity index (χ2n) is 9.49. The predicted molar refractivity (Wildman–Crippen MR) is 153 cm³/mol. The number of hydrogen-bond donors (Lipinski definition) is 1. The Morgan fingerprint density at radius 3 is 2.40 bits per heavy atom. The fourth-order valence-corrected chi connectivity index (χ4v) is 4.48. The highest BCUT2D eigenvalue weighted by Crippen LogP contribution is 2.19. The van der Waals surface area contributed by atoms with Gasteiger partial charge in [-0.25, -0.2) is 4.39 Å². The van der Waals surface area contributed by atoms with Crippen LogP contribution in [0.2, 0.25) is 0 Å². The number of nitro groups is 1. The molecule has 3 aromatic carbocycles. The predicted octanol–water partition coefficient (Wildman–Crippen LogP) is 5.74. The topological polar surface area (TPSA) is 99.6 Å². The van der Waals surface area contributed by atoms with Crippen LogP contribution in [0.3, 0.4) is 0 Å². The number of non-ortho nitro benzene ring substituents is 1. The summed E-state index contributed by atoms with van der Waals surface area (Å²) in [6.07, 6.45) is 6.17. The Balaban J connectivity index is 1.48. The first-order valence-corrected chi connectivity index (χ1v) is 13.1. The molecule has 4 rings (SSSR count). The van der Waals surface area contributed by atoms with Crippen LogP contribution in [0.15, 0.2) is 85.1 Å². The van der Waals surface area contributed by atoms with Gasteiger partial charge < -0.3 is 14.8 Å². The first-order chi connectivity index (χ1) is 19.3. The van der Waals surface area contributed by atoms with Crippen LogP contribution in [0, 0.1) is 15.9 Å². The van der Waals surface area contributed by atoms with Crippen LogP contribution in [-0.4, -0.2) is 51.2 Å². The third kappa shape index (κ3) is 7.41. The fraction of sp³-hybridized carbons (Fsp3) is 0.226. The van der Waals surface area contributed by atoms with E-state index < -0.39 is 4.92 Å². The Bertz CT molecular complexity index is 1500. The molecule has 40 heavy (non-hydrogen) atoms. The van der Waals surface area contributed by atoms with E-state index in [4.69, 9.17) is 0 Å². The highest BCUT2D eigenvalue weighted by Gasteiger charge is 2.21. The number of rotatable bonds is 12. The number of H-pyrrole nitrogens is 1. The minimum Gasteiger partial charge on any atom is -0.361 e. The van der Waals surface area contributed by atoms with Gasteiger partial charge in [0.1, 0.15) is 12.4 Å². The zero-order valence-corrected chi connectivity index (χ0v) is 22.3. The largest absolute Gasteiger partial charge is 0.361 e. The summed E-state index contributed by atoms with van der Waals surface area (Å²) in [5.74, 6) is -0.887. The number of nitro benzene ring substituents is 1. The van der Waals surface area contributed by atoms with Crippen LogP contribution in [0.25, 0.3) is 17.0 Å². The van der Waals surface area contributed by atoms with Gasteiger partial charge in [-0.2, -0.15) is 0 Å². The van der Waals surface area contributed by atoms with E-state index in [0.717, 1.165) is 22.0 Å². The van der Waals surface area contributed by atoms with Gasteiger partial charge >= 0.3 is 0 Å². The van der Waals surface area contributed by atoms with Crippen LogP contribution < -0.4 is 0 Å². The molecule has 206 valence electrons. The summed E-state index contributed by atoms with van der Waals surface area (Å²) < 4.78 is 13.5. The van der Waals surface area contributed by atoms with E-state index >= 15 is 0 Å². The van der Waals surface area contributed by atoms with E-state index in [1.165, 1.54) is 35.2 Å². The highest BCUT2D eigenvalue weighted by atomic mass is 19.1. The van der Waals surface area contributed by atoms with Crippen molar-refractivity contribution in [2.45, 2.75) is 26.3 Å². The second kappa shape index (κ2) is 13.3. The molecule has 8 nitrogen and oxygen atoms in total. The molecule has 0 atom stereocenters. The Hall–Kier alpha value is -4.79. The molecule has 0 aliphatic rings. The van der Waals surface area contributed by atoms with Crippen molar-refractivity contribution < 1.29 is 18.9 Å². The van der Waals surface area contributed by atoms with Crippen molar-refractivity contribution in [2.75, 3.05) is 19.6 Å². The maximum atomic E-state index is 13.6. The Labute approximate surface area is 231 Å². The summed E-state index contributed by atoms with van der Waals surface area (Å²) in [4.78, 5) is 43.4. The monoisotopic (exact) mass is 542 g/mol. The number of hydrogen-bond acceptors (Lipinski definition) is 4. The normalized spacial score (nSPS) is 11.2. The van der Waals surface area contributed by atoms with Gasteiger partial charge in [-0.15, -0.1) is 0 Å². The molecule has 0 unspecified atom stereocenters. The van der Waals surface area contributed by atoms with Crippen molar-refractivity contribution in [3.05, 3.63) is 118 Å². The standard InChI is InChI=1S/C31H31FN4O4/c1-2-18-34(30(37)16-11-23-9-14-27(15-10-23)36(39)40)22-31(38)35(21-24-7-12-26(32)13-8-24)19-17-25-20-33-29-6-4-3-5-28(25)29/h3-16,20,33H,2,17-19,21-22H2,1H3. The lowest BCUT2D eigenvalue weighted by Gasteiger charge is -2.27. The SMILES string of the molecule is CCCN(CC(=O)N(CCc1c[nH]c2ccccc12)Cc1ccc(F)cc1)C(=O)C=Cc1ccc([N+](=O)[O-])cc1. The maximum Gasteiger partial charge on any atom is 0.269 e. The molecule has 0 aliphatic carbocycles. The van der Waals surface area contributed by atoms with Gasteiger partial charge in [0.15, 0.2) is 0 Å². The number of aromatic nitrogens is 1. The number of benzene rings is 3. The van der Waals surface area contributed by atoms with E-state index in [1.807, 2.05) is 37.4 Å². The third-order valence-corrected chi connectivity index (χ3v) is 6.62. The number of fused-ring (bicyclic) bond motifs is 1. The molecule has 0 saturated heterocycles. The van der Waals surface area contributed by atoms with E-state index in [1.54, 1.807) is 35.2 Å². The average Bonchev–Trinajstić information content (AvgIpc) is 3.38. The highest BCUT2D eigenvalue weighted by molar-refractivity contribution is 5.94. The van der Waals surface area contributed by atoms with Crippen molar-refractivity contribution in [3.8, 4) is 0 Å². The first kappa shape index (κ1) is 28.2. The third-order valence-electron chi connectivity index (χ3n) is 6.62. The Morgan fingerprint density at radius 2 is 1.70 bits per heavy atom.